The van der Waals surface area contributed by atoms with Gasteiger partial charge in [0.1, 0.15) is 6.67 Å². The van der Waals surface area contributed by atoms with Crippen LogP contribution in [-0.2, 0) is 20.8 Å². The van der Waals surface area contributed by atoms with Crippen LogP contribution in [0.15, 0.2) is 34.8 Å². The summed E-state index contributed by atoms with van der Waals surface area (Å²) in [6.07, 6.45) is 0.224. The Bertz CT molecular complexity index is 988. The monoisotopic (exact) mass is 496 g/mol. The topological polar surface area (TPSA) is 57.7 Å². The standard InChI is InChI=1S/C22H20BrF3N2O3/c1-2-10-7-11(23)3-6-16(10)27(21(31)22(24,25)26)9-28-19(29)17-12-4-5-13(15-8-14(12)15)18(17)20(28)30/h3-7,12-15,17-18H,2,8-9H2,1H3. The van der Waals surface area contributed by atoms with E-state index < -0.39 is 42.4 Å². The summed E-state index contributed by atoms with van der Waals surface area (Å²) in [4.78, 5) is 40.1. The van der Waals surface area contributed by atoms with E-state index in [4.69, 9.17) is 0 Å². The highest BCUT2D eigenvalue weighted by atomic mass is 79.9. The van der Waals surface area contributed by atoms with Gasteiger partial charge in [0.05, 0.1) is 11.8 Å². The molecule has 4 aliphatic carbocycles. The number of alkyl halides is 3. The number of carbonyl (C=O) groups is 3. The molecule has 6 rings (SSSR count). The summed E-state index contributed by atoms with van der Waals surface area (Å²) in [5, 5.41) is 0. The number of anilines is 1. The lowest BCUT2D eigenvalue weighted by Gasteiger charge is -2.37. The number of carbonyl (C=O) groups excluding carboxylic acids is 3. The molecule has 0 spiro atoms. The SMILES string of the molecule is CCc1cc(Br)ccc1N(CN1C(=O)C2C3C=CC(C4CC34)C2C1=O)C(=O)C(F)(F)F. The fraction of sp³-hybridized carbons (Fsp3) is 0.500. The summed E-state index contributed by atoms with van der Waals surface area (Å²) in [7, 11) is 0. The molecule has 6 unspecified atom stereocenters. The molecule has 1 aliphatic heterocycles. The van der Waals surface area contributed by atoms with Crippen LogP contribution < -0.4 is 4.90 Å². The molecule has 1 saturated heterocycles. The van der Waals surface area contributed by atoms with Crippen molar-refractivity contribution >= 4 is 39.3 Å². The van der Waals surface area contributed by atoms with Gasteiger partial charge in [0.15, 0.2) is 0 Å². The highest BCUT2D eigenvalue weighted by Gasteiger charge is 2.67. The van der Waals surface area contributed by atoms with Crippen molar-refractivity contribution < 1.29 is 27.6 Å². The van der Waals surface area contributed by atoms with Gasteiger partial charge >= 0.3 is 12.1 Å². The van der Waals surface area contributed by atoms with E-state index in [0.29, 0.717) is 33.2 Å². The van der Waals surface area contributed by atoms with Gasteiger partial charge in [0, 0.05) is 10.2 Å². The molecule has 5 aliphatic rings. The van der Waals surface area contributed by atoms with Crippen LogP contribution in [0.2, 0.25) is 0 Å². The molecular weight excluding hydrogens is 477 g/mol. The third-order valence-electron chi connectivity index (χ3n) is 7.24. The van der Waals surface area contributed by atoms with Crippen molar-refractivity contribution in [1.29, 1.82) is 0 Å². The minimum Gasteiger partial charge on any atom is -0.286 e. The molecule has 3 fully saturated rings. The minimum atomic E-state index is -5.14. The maximum Gasteiger partial charge on any atom is 0.471 e. The molecule has 0 aromatic heterocycles. The molecule has 0 N–H and O–H groups in total. The van der Waals surface area contributed by atoms with E-state index in [1.807, 2.05) is 12.2 Å². The molecule has 5 nitrogen and oxygen atoms in total. The second kappa shape index (κ2) is 6.92. The van der Waals surface area contributed by atoms with Crippen molar-refractivity contribution in [1.82, 2.24) is 4.90 Å². The Hall–Kier alpha value is -2.16. The number of imide groups is 1. The Morgan fingerprint density at radius 2 is 1.71 bits per heavy atom. The zero-order chi connectivity index (χ0) is 22.2. The zero-order valence-corrected chi connectivity index (χ0v) is 18.2. The van der Waals surface area contributed by atoms with Gasteiger partial charge in [0.25, 0.3) is 0 Å². The molecule has 0 radical (unpaired) electrons. The van der Waals surface area contributed by atoms with E-state index in [1.165, 1.54) is 12.1 Å². The summed E-state index contributed by atoms with van der Waals surface area (Å²) in [5.41, 5.74) is 0.555. The highest BCUT2D eigenvalue weighted by Crippen LogP contribution is 2.65. The van der Waals surface area contributed by atoms with E-state index in [2.05, 4.69) is 15.9 Å². The van der Waals surface area contributed by atoms with Crippen molar-refractivity contribution in [2.24, 2.45) is 35.5 Å². The third-order valence-corrected chi connectivity index (χ3v) is 7.73. The molecule has 1 heterocycles. The van der Waals surface area contributed by atoms with Gasteiger partial charge in [-0.3, -0.25) is 24.2 Å². The van der Waals surface area contributed by atoms with Crippen LogP contribution in [0.5, 0.6) is 0 Å². The lowest BCUT2D eigenvalue weighted by molar-refractivity contribution is -0.171. The molecule has 1 aromatic rings. The van der Waals surface area contributed by atoms with Gasteiger partial charge in [-0.1, -0.05) is 35.0 Å². The summed E-state index contributed by atoms with van der Waals surface area (Å²) in [6, 6.07) is 4.58. The van der Waals surface area contributed by atoms with E-state index in [9.17, 15) is 27.6 Å². The summed E-state index contributed by atoms with van der Waals surface area (Å²) in [6.45, 7) is 1.03. The predicted molar refractivity (Wildman–Crippen MR) is 108 cm³/mol. The number of rotatable bonds is 4. The Kier molecular flexibility index (Phi) is 4.63. The lowest BCUT2D eigenvalue weighted by atomic mass is 9.63. The lowest BCUT2D eigenvalue weighted by Crippen LogP contribution is -2.49. The van der Waals surface area contributed by atoms with Gasteiger partial charge in [-0.05, 0) is 60.3 Å². The van der Waals surface area contributed by atoms with Gasteiger partial charge in [-0.15, -0.1) is 0 Å². The van der Waals surface area contributed by atoms with Gasteiger partial charge in [-0.25, -0.2) is 0 Å². The van der Waals surface area contributed by atoms with Crippen molar-refractivity contribution in [2.75, 3.05) is 11.6 Å². The number of halogens is 4. The normalized spacial score (nSPS) is 32.9. The third kappa shape index (κ3) is 3.07. The number of aryl methyl sites for hydroxylation is 1. The van der Waals surface area contributed by atoms with E-state index in [1.54, 1.807) is 13.0 Å². The first-order valence-corrected chi connectivity index (χ1v) is 11.1. The molecular formula is C22H20BrF3N2O3. The number of amides is 3. The minimum absolute atomic E-state index is 0.0351. The summed E-state index contributed by atoms with van der Waals surface area (Å²) >= 11 is 3.29. The zero-order valence-electron chi connectivity index (χ0n) is 16.6. The Morgan fingerprint density at radius 1 is 1.13 bits per heavy atom. The Balaban J connectivity index is 1.50. The van der Waals surface area contributed by atoms with Crippen molar-refractivity contribution in [3.05, 3.63) is 40.4 Å². The second-order valence-corrected chi connectivity index (χ2v) is 9.67. The van der Waals surface area contributed by atoms with Crippen molar-refractivity contribution in [2.45, 2.75) is 25.9 Å². The van der Waals surface area contributed by atoms with Crippen molar-refractivity contribution in [3.8, 4) is 0 Å². The van der Waals surface area contributed by atoms with Crippen LogP contribution in [0.25, 0.3) is 0 Å². The smallest absolute Gasteiger partial charge is 0.286 e. The van der Waals surface area contributed by atoms with Crippen LogP contribution in [0.4, 0.5) is 18.9 Å². The maximum atomic E-state index is 13.5. The Morgan fingerprint density at radius 3 is 2.23 bits per heavy atom. The van der Waals surface area contributed by atoms with Crippen molar-refractivity contribution in [3.63, 3.8) is 0 Å². The number of likely N-dealkylation sites (tertiary alicyclic amines) is 1. The number of allylic oxidation sites excluding steroid dienone is 2. The average molecular weight is 497 g/mol. The maximum absolute atomic E-state index is 13.5. The highest BCUT2D eigenvalue weighted by molar-refractivity contribution is 9.10. The summed E-state index contributed by atoms with van der Waals surface area (Å²) < 4.78 is 41.0. The fourth-order valence-corrected chi connectivity index (χ4v) is 6.21. The van der Waals surface area contributed by atoms with Crippen LogP contribution in [0, 0.1) is 35.5 Å². The van der Waals surface area contributed by atoms with E-state index in [-0.39, 0.29) is 17.5 Å². The first kappa shape index (κ1) is 20.7. The van der Waals surface area contributed by atoms with Gasteiger partial charge in [0.2, 0.25) is 11.8 Å². The van der Waals surface area contributed by atoms with Crippen LogP contribution in [0.3, 0.4) is 0 Å². The second-order valence-electron chi connectivity index (χ2n) is 8.76. The van der Waals surface area contributed by atoms with Crippen LogP contribution in [-0.4, -0.2) is 35.5 Å². The summed E-state index contributed by atoms with van der Waals surface area (Å²) in [5.74, 6) is -3.36. The quantitative estimate of drug-likeness (QED) is 0.468. The first-order chi connectivity index (χ1) is 14.6. The largest absolute Gasteiger partial charge is 0.471 e. The van der Waals surface area contributed by atoms with Gasteiger partial charge < -0.3 is 0 Å². The fourth-order valence-electron chi connectivity index (χ4n) is 5.80. The molecule has 31 heavy (non-hydrogen) atoms. The first-order valence-electron chi connectivity index (χ1n) is 10.3. The Labute approximate surface area is 185 Å². The molecule has 164 valence electrons. The molecule has 6 atom stereocenters. The van der Waals surface area contributed by atoms with Crippen LogP contribution in [0.1, 0.15) is 18.9 Å². The number of hydrogen-bond donors (Lipinski definition) is 0. The molecule has 2 bridgehead atoms. The molecule has 1 aromatic carbocycles. The van der Waals surface area contributed by atoms with E-state index >= 15 is 0 Å². The van der Waals surface area contributed by atoms with Gasteiger partial charge in [-0.2, -0.15) is 13.2 Å². The molecule has 3 amide bonds. The molecule has 2 saturated carbocycles. The van der Waals surface area contributed by atoms with Crippen LogP contribution >= 0.6 is 15.9 Å². The molecule has 9 heteroatoms. The van der Waals surface area contributed by atoms with E-state index in [0.717, 1.165) is 11.3 Å². The number of nitrogens with zero attached hydrogens (tertiary/aromatic N) is 2. The number of benzene rings is 1. The predicted octanol–water partition coefficient (Wildman–Crippen LogP) is 3.92. The average Bonchev–Trinajstić information content (AvgIpc) is 3.51. The number of hydrogen-bond acceptors (Lipinski definition) is 3.